The first kappa shape index (κ1) is 28.0. The summed E-state index contributed by atoms with van der Waals surface area (Å²) in [5.41, 5.74) is 0.974. The zero-order valence-electron chi connectivity index (χ0n) is 23.3. The first-order valence-electron chi connectivity index (χ1n) is 13.0. The molecule has 1 aliphatic rings. The van der Waals surface area contributed by atoms with Crippen LogP contribution in [-0.4, -0.2) is 74.6 Å². The van der Waals surface area contributed by atoms with Crippen LogP contribution in [0.4, 0.5) is 0 Å². The smallest absolute Gasteiger partial charge is 0.290 e. The van der Waals surface area contributed by atoms with Crippen molar-refractivity contribution >= 4 is 22.7 Å². The lowest BCUT2D eigenvalue weighted by Crippen LogP contribution is -2.36. The van der Waals surface area contributed by atoms with Crippen LogP contribution in [0.3, 0.4) is 0 Å². The Bertz CT molecular complexity index is 1390. The van der Waals surface area contributed by atoms with E-state index >= 15 is 0 Å². The Morgan fingerprint density at radius 1 is 1.08 bits per heavy atom. The highest BCUT2D eigenvalue weighted by Gasteiger charge is 2.44. The minimum absolute atomic E-state index is 0.00362. The molecule has 1 unspecified atom stereocenters. The van der Waals surface area contributed by atoms with Crippen molar-refractivity contribution in [1.82, 2.24) is 9.80 Å². The third kappa shape index (κ3) is 5.73. The number of aliphatic hydroxyl groups excluding tert-OH is 1. The van der Waals surface area contributed by atoms with Gasteiger partial charge in [0.15, 0.2) is 34.4 Å². The summed E-state index contributed by atoms with van der Waals surface area (Å²) in [6.45, 7) is 5.61. The molecule has 0 bridgehead atoms. The fourth-order valence-electron chi connectivity index (χ4n) is 4.59. The van der Waals surface area contributed by atoms with E-state index in [1.54, 1.807) is 49.6 Å². The molecule has 2 aromatic carbocycles. The number of carbonyl (C=O) groups is 2. The zero-order valence-corrected chi connectivity index (χ0v) is 23.3. The average molecular weight is 537 g/mol. The number of hydrogen-bond acceptors (Lipinski definition) is 8. The highest BCUT2D eigenvalue weighted by Crippen LogP contribution is 2.42. The third-order valence-electron chi connectivity index (χ3n) is 6.74. The number of nitrogens with zero attached hydrogens (tertiary/aromatic N) is 2. The van der Waals surface area contributed by atoms with Gasteiger partial charge in [0.25, 0.3) is 5.91 Å². The van der Waals surface area contributed by atoms with Crippen molar-refractivity contribution in [2.45, 2.75) is 26.3 Å². The first-order chi connectivity index (χ1) is 18.7. The molecule has 3 aromatic rings. The number of hydrogen-bond donors (Lipinski definition) is 1. The number of furan rings is 1. The molecule has 0 aliphatic carbocycles. The van der Waals surface area contributed by atoms with E-state index < -0.39 is 23.5 Å². The van der Waals surface area contributed by atoms with Crippen LogP contribution in [0.5, 0.6) is 17.2 Å². The molecule has 0 saturated heterocycles. The van der Waals surface area contributed by atoms with Crippen LogP contribution in [-0.2, 0) is 4.79 Å². The van der Waals surface area contributed by atoms with Gasteiger partial charge in [0.1, 0.15) is 0 Å². The number of amides is 1. The third-order valence-corrected chi connectivity index (χ3v) is 6.74. The van der Waals surface area contributed by atoms with Gasteiger partial charge in [-0.1, -0.05) is 32.0 Å². The summed E-state index contributed by atoms with van der Waals surface area (Å²) >= 11 is 0. The van der Waals surface area contributed by atoms with Gasteiger partial charge in [-0.05, 0) is 56.3 Å². The lowest BCUT2D eigenvalue weighted by Gasteiger charge is -2.28. The van der Waals surface area contributed by atoms with E-state index in [0.717, 1.165) is 6.42 Å². The average Bonchev–Trinajstić information content (AvgIpc) is 3.46. The van der Waals surface area contributed by atoms with E-state index in [1.807, 2.05) is 19.0 Å². The number of aliphatic hydroxyl groups is 1. The Labute approximate surface area is 228 Å². The molecule has 9 nitrogen and oxygen atoms in total. The first-order valence-corrected chi connectivity index (χ1v) is 13.0. The van der Waals surface area contributed by atoms with E-state index in [2.05, 4.69) is 13.8 Å². The molecule has 0 fully saturated rings. The van der Waals surface area contributed by atoms with Gasteiger partial charge in [-0.3, -0.25) is 9.59 Å². The Morgan fingerprint density at radius 2 is 1.82 bits per heavy atom. The van der Waals surface area contributed by atoms with Crippen molar-refractivity contribution in [3.63, 3.8) is 0 Å². The van der Waals surface area contributed by atoms with Crippen molar-refractivity contribution in [2.24, 2.45) is 5.92 Å². The summed E-state index contributed by atoms with van der Waals surface area (Å²) in [5, 5.41) is 11.7. The van der Waals surface area contributed by atoms with Gasteiger partial charge in [-0.2, -0.15) is 0 Å². The molecule has 2 heterocycles. The van der Waals surface area contributed by atoms with Crippen molar-refractivity contribution in [1.29, 1.82) is 0 Å². The number of rotatable bonds is 12. The van der Waals surface area contributed by atoms with Crippen LogP contribution in [0.2, 0.25) is 0 Å². The second kappa shape index (κ2) is 11.8. The maximum absolute atomic E-state index is 13.9. The van der Waals surface area contributed by atoms with Gasteiger partial charge >= 0.3 is 0 Å². The van der Waals surface area contributed by atoms with Gasteiger partial charge in [-0.25, -0.2) is 0 Å². The molecular weight excluding hydrogens is 500 g/mol. The van der Waals surface area contributed by atoms with Crippen LogP contribution >= 0.6 is 0 Å². The van der Waals surface area contributed by atoms with E-state index in [9.17, 15) is 14.7 Å². The Morgan fingerprint density at radius 3 is 2.49 bits per heavy atom. The van der Waals surface area contributed by atoms with Crippen molar-refractivity contribution < 1.29 is 33.3 Å². The monoisotopic (exact) mass is 536 g/mol. The fourth-order valence-corrected chi connectivity index (χ4v) is 4.59. The van der Waals surface area contributed by atoms with E-state index in [0.29, 0.717) is 59.4 Å². The highest BCUT2D eigenvalue weighted by atomic mass is 16.5. The maximum Gasteiger partial charge on any atom is 0.290 e. The summed E-state index contributed by atoms with van der Waals surface area (Å²) in [5.74, 6) is 0.234. The molecular formula is C30H36N2O7. The molecule has 1 aromatic heterocycles. The van der Waals surface area contributed by atoms with Crippen LogP contribution in [0.1, 0.15) is 42.4 Å². The summed E-state index contributed by atoms with van der Waals surface area (Å²) in [6.07, 6.45) is 0.887. The molecule has 4 rings (SSSR count). The van der Waals surface area contributed by atoms with Crippen molar-refractivity contribution in [3.05, 3.63) is 65.1 Å². The number of benzene rings is 2. The second-order valence-corrected chi connectivity index (χ2v) is 10.2. The summed E-state index contributed by atoms with van der Waals surface area (Å²) in [6, 6.07) is 11.4. The number of ether oxygens (including phenoxy) is 3. The number of Topliss-reactive ketones (excluding diaryl/α,β-unsaturated/α-hetero) is 1. The molecule has 1 N–H and O–H groups in total. The number of likely N-dealkylation sites (N-methyl/N-ethyl adjacent to an activating group) is 1. The van der Waals surface area contributed by atoms with Crippen LogP contribution in [0.25, 0.3) is 11.0 Å². The highest BCUT2D eigenvalue weighted by molar-refractivity contribution is 6.16. The molecule has 1 amide bonds. The van der Waals surface area contributed by atoms with E-state index in [-0.39, 0.29) is 11.3 Å². The van der Waals surface area contributed by atoms with Crippen molar-refractivity contribution in [2.75, 3.05) is 48.0 Å². The van der Waals surface area contributed by atoms with Crippen LogP contribution < -0.4 is 14.2 Å². The molecule has 0 radical (unpaired) electrons. The van der Waals surface area contributed by atoms with Gasteiger partial charge in [-0.15, -0.1) is 0 Å². The molecule has 39 heavy (non-hydrogen) atoms. The normalized spacial score (nSPS) is 15.6. The maximum atomic E-state index is 13.9. The predicted octanol–water partition coefficient (Wildman–Crippen LogP) is 5.01. The summed E-state index contributed by atoms with van der Waals surface area (Å²) in [4.78, 5) is 30.6. The minimum Gasteiger partial charge on any atom is -0.503 e. The Hall–Kier alpha value is -3.98. The lowest BCUT2D eigenvalue weighted by molar-refractivity contribution is -0.129. The van der Waals surface area contributed by atoms with Crippen LogP contribution in [0.15, 0.2) is 58.2 Å². The largest absolute Gasteiger partial charge is 0.503 e. The molecule has 1 aliphatic heterocycles. The lowest BCUT2D eigenvalue weighted by atomic mass is 9.94. The predicted molar refractivity (Wildman–Crippen MR) is 148 cm³/mol. The molecule has 9 heteroatoms. The molecule has 208 valence electrons. The Kier molecular flexibility index (Phi) is 8.50. The van der Waals surface area contributed by atoms with Gasteiger partial charge in [0.05, 0.1) is 32.4 Å². The fraction of sp³-hybridized carbons (Fsp3) is 0.400. The van der Waals surface area contributed by atoms with Crippen LogP contribution in [0, 0.1) is 5.92 Å². The van der Waals surface area contributed by atoms with Gasteiger partial charge < -0.3 is 33.5 Å². The molecule has 1 atom stereocenters. The zero-order chi connectivity index (χ0) is 28.3. The van der Waals surface area contributed by atoms with Gasteiger partial charge in [0.2, 0.25) is 5.78 Å². The minimum atomic E-state index is -0.848. The number of carbonyl (C=O) groups excluding carboxylic acids is 2. The second-order valence-electron chi connectivity index (χ2n) is 10.2. The summed E-state index contributed by atoms with van der Waals surface area (Å²) in [7, 11) is 6.84. The standard InChI is InChI=1S/C30H36N2O7/c1-18(2)12-15-38-21-11-10-19(16-23(21)37-6)26-25(28(34)30(35)32(26)14-13-31(3)4)27(33)24-17-20-8-7-9-22(36-5)29(20)39-24/h7-11,16-18,26,34H,12-15H2,1-6H3. The van der Waals surface area contributed by atoms with Gasteiger partial charge in [0, 0.05) is 18.5 Å². The van der Waals surface area contributed by atoms with E-state index in [4.69, 9.17) is 18.6 Å². The number of methoxy groups -OCH3 is 2. The Balaban J connectivity index is 1.76. The summed E-state index contributed by atoms with van der Waals surface area (Å²) < 4.78 is 22.8. The number of fused-ring (bicyclic) bond motifs is 1. The topological polar surface area (TPSA) is 102 Å². The number of para-hydroxylation sites is 1. The number of ketones is 1. The van der Waals surface area contributed by atoms with Crippen molar-refractivity contribution in [3.8, 4) is 17.2 Å². The molecule has 0 spiro atoms. The molecule has 0 saturated carbocycles. The SMILES string of the molecule is COc1cc(C2C(C(=O)c3cc4cccc(OC)c4o3)=C(O)C(=O)N2CCN(C)C)ccc1OCCC(C)C. The quantitative estimate of drug-likeness (QED) is 0.322. The van der Waals surface area contributed by atoms with E-state index in [1.165, 1.54) is 12.0 Å².